The van der Waals surface area contributed by atoms with E-state index in [4.69, 9.17) is 4.74 Å². The van der Waals surface area contributed by atoms with Crippen LogP contribution in [0.5, 0.6) is 0 Å². The van der Waals surface area contributed by atoms with Crippen LogP contribution in [0, 0.1) is 5.92 Å². The molecule has 1 unspecified atom stereocenters. The normalized spacial score (nSPS) is 24.0. The average Bonchev–Trinajstić information content (AvgIpc) is 2.39. The lowest BCUT2D eigenvalue weighted by molar-refractivity contribution is 0.00356. The Labute approximate surface area is 120 Å². The maximum atomic E-state index is 5.57. The molecule has 0 amide bonds. The SMILES string of the molecule is CCOCCN1CC(CC(C)C)NCC1(CC)CC. The third kappa shape index (κ3) is 4.73. The fraction of sp³-hybridized carbons (Fsp3) is 1.00. The molecular formula is C16H34N2O. The first kappa shape index (κ1) is 16.9. The third-order valence-electron chi connectivity index (χ3n) is 4.61. The van der Waals surface area contributed by atoms with Crippen LogP contribution in [0.2, 0.25) is 0 Å². The first-order valence-electron chi connectivity index (χ1n) is 8.14. The van der Waals surface area contributed by atoms with E-state index >= 15 is 0 Å². The van der Waals surface area contributed by atoms with E-state index in [2.05, 4.69) is 44.8 Å². The molecule has 0 aromatic rings. The molecule has 0 bridgehead atoms. The molecular weight excluding hydrogens is 236 g/mol. The largest absolute Gasteiger partial charge is 0.380 e. The van der Waals surface area contributed by atoms with Crippen LogP contribution in [0.25, 0.3) is 0 Å². The Hall–Kier alpha value is -0.120. The Kier molecular flexibility index (Phi) is 7.33. The van der Waals surface area contributed by atoms with Gasteiger partial charge in [0.2, 0.25) is 0 Å². The molecule has 0 spiro atoms. The predicted molar refractivity (Wildman–Crippen MR) is 82.6 cm³/mol. The van der Waals surface area contributed by atoms with E-state index in [0.29, 0.717) is 11.6 Å². The van der Waals surface area contributed by atoms with Crippen LogP contribution < -0.4 is 5.32 Å². The number of hydrogen-bond acceptors (Lipinski definition) is 3. The van der Waals surface area contributed by atoms with E-state index in [1.165, 1.54) is 25.8 Å². The van der Waals surface area contributed by atoms with Crippen molar-refractivity contribution in [2.24, 2.45) is 5.92 Å². The number of ether oxygens (including phenoxy) is 1. The van der Waals surface area contributed by atoms with E-state index < -0.39 is 0 Å². The predicted octanol–water partition coefficient (Wildman–Crippen LogP) is 2.90. The molecule has 1 N–H and O–H groups in total. The molecule has 0 saturated carbocycles. The first-order chi connectivity index (χ1) is 9.07. The molecule has 3 nitrogen and oxygen atoms in total. The second kappa shape index (κ2) is 8.23. The highest BCUT2D eigenvalue weighted by molar-refractivity contribution is 4.97. The molecule has 1 aliphatic heterocycles. The number of nitrogens with zero attached hydrogens (tertiary/aromatic N) is 1. The van der Waals surface area contributed by atoms with Gasteiger partial charge in [-0.1, -0.05) is 27.7 Å². The lowest BCUT2D eigenvalue weighted by Crippen LogP contribution is -2.64. The molecule has 3 heteroatoms. The Morgan fingerprint density at radius 1 is 1.26 bits per heavy atom. The molecule has 1 fully saturated rings. The second-order valence-corrected chi connectivity index (χ2v) is 6.28. The topological polar surface area (TPSA) is 24.5 Å². The summed E-state index contributed by atoms with van der Waals surface area (Å²) in [5.41, 5.74) is 0.338. The lowest BCUT2D eigenvalue weighted by Gasteiger charge is -2.50. The Balaban J connectivity index is 2.62. The average molecular weight is 270 g/mol. The van der Waals surface area contributed by atoms with Crippen LogP contribution >= 0.6 is 0 Å². The van der Waals surface area contributed by atoms with Crippen LogP contribution in [0.1, 0.15) is 53.9 Å². The number of piperazine rings is 1. The van der Waals surface area contributed by atoms with Crippen molar-refractivity contribution >= 4 is 0 Å². The zero-order chi connectivity index (χ0) is 14.3. The van der Waals surface area contributed by atoms with Gasteiger partial charge in [-0.25, -0.2) is 0 Å². The van der Waals surface area contributed by atoms with E-state index in [0.717, 1.165) is 32.2 Å². The molecule has 114 valence electrons. The molecule has 1 saturated heterocycles. The van der Waals surface area contributed by atoms with E-state index in [9.17, 15) is 0 Å². The summed E-state index contributed by atoms with van der Waals surface area (Å²) in [6.07, 6.45) is 3.71. The fourth-order valence-corrected chi connectivity index (χ4v) is 3.29. The van der Waals surface area contributed by atoms with Gasteiger partial charge in [0, 0.05) is 37.8 Å². The van der Waals surface area contributed by atoms with Gasteiger partial charge >= 0.3 is 0 Å². The van der Waals surface area contributed by atoms with Gasteiger partial charge in [-0.2, -0.15) is 0 Å². The van der Waals surface area contributed by atoms with Crippen LogP contribution in [-0.4, -0.2) is 49.3 Å². The molecule has 0 aromatic heterocycles. The fourth-order valence-electron chi connectivity index (χ4n) is 3.29. The minimum atomic E-state index is 0.338. The Bertz CT molecular complexity index is 239. The maximum absolute atomic E-state index is 5.57. The van der Waals surface area contributed by atoms with E-state index in [1.54, 1.807) is 0 Å². The smallest absolute Gasteiger partial charge is 0.0593 e. The van der Waals surface area contributed by atoms with Crippen molar-refractivity contribution < 1.29 is 4.74 Å². The zero-order valence-corrected chi connectivity index (χ0v) is 13.7. The van der Waals surface area contributed by atoms with Gasteiger partial charge in [0.1, 0.15) is 0 Å². The van der Waals surface area contributed by atoms with Crippen LogP contribution in [-0.2, 0) is 4.74 Å². The highest BCUT2D eigenvalue weighted by Crippen LogP contribution is 2.28. The molecule has 0 aliphatic carbocycles. The number of rotatable bonds is 8. The molecule has 1 heterocycles. The second-order valence-electron chi connectivity index (χ2n) is 6.28. The van der Waals surface area contributed by atoms with Gasteiger partial charge in [0.05, 0.1) is 6.61 Å². The van der Waals surface area contributed by atoms with Gasteiger partial charge in [-0.3, -0.25) is 4.90 Å². The summed E-state index contributed by atoms with van der Waals surface area (Å²) in [4.78, 5) is 2.69. The third-order valence-corrected chi connectivity index (χ3v) is 4.61. The highest BCUT2D eigenvalue weighted by atomic mass is 16.5. The molecule has 1 rings (SSSR count). The van der Waals surface area contributed by atoms with Gasteiger partial charge in [0.25, 0.3) is 0 Å². The van der Waals surface area contributed by atoms with Crippen LogP contribution in [0.4, 0.5) is 0 Å². The standard InChI is InChI=1S/C16H34N2O/c1-6-16(7-2)13-17-15(11-14(4)5)12-18(16)9-10-19-8-3/h14-15,17H,6-13H2,1-5H3. The van der Waals surface area contributed by atoms with E-state index in [-0.39, 0.29) is 0 Å². The molecule has 0 aromatic carbocycles. The minimum absolute atomic E-state index is 0.338. The molecule has 1 aliphatic rings. The molecule has 1 atom stereocenters. The summed E-state index contributed by atoms with van der Waals surface area (Å²) in [6.45, 7) is 16.4. The van der Waals surface area contributed by atoms with Crippen molar-refractivity contribution in [3.63, 3.8) is 0 Å². The highest BCUT2D eigenvalue weighted by Gasteiger charge is 2.38. The molecule has 19 heavy (non-hydrogen) atoms. The van der Waals surface area contributed by atoms with Crippen LogP contribution in [0.15, 0.2) is 0 Å². The monoisotopic (exact) mass is 270 g/mol. The molecule has 0 radical (unpaired) electrons. The van der Waals surface area contributed by atoms with Crippen LogP contribution in [0.3, 0.4) is 0 Å². The van der Waals surface area contributed by atoms with Crippen molar-refractivity contribution in [1.29, 1.82) is 0 Å². The summed E-state index contributed by atoms with van der Waals surface area (Å²) < 4.78 is 5.57. The van der Waals surface area contributed by atoms with Gasteiger partial charge in [-0.05, 0) is 32.1 Å². The van der Waals surface area contributed by atoms with Gasteiger partial charge in [-0.15, -0.1) is 0 Å². The number of hydrogen-bond donors (Lipinski definition) is 1. The summed E-state index contributed by atoms with van der Waals surface area (Å²) in [5, 5.41) is 3.78. The quantitative estimate of drug-likeness (QED) is 0.686. The number of nitrogens with one attached hydrogen (secondary N) is 1. The Morgan fingerprint density at radius 2 is 1.95 bits per heavy atom. The summed E-state index contributed by atoms with van der Waals surface area (Å²) in [6, 6.07) is 0.646. The van der Waals surface area contributed by atoms with Crippen molar-refractivity contribution in [3.8, 4) is 0 Å². The van der Waals surface area contributed by atoms with Gasteiger partial charge < -0.3 is 10.1 Å². The summed E-state index contributed by atoms with van der Waals surface area (Å²) >= 11 is 0. The van der Waals surface area contributed by atoms with Gasteiger partial charge in [0.15, 0.2) is 0 Å². The summed E-state index contributed by atoms with van der Waals surface area (Å²) in [7, 11) is 0. The van der Waals surface area contributed by atoms with Crippen molar-refractivity contribution in [2.75, 3.05) is 32.8 Å². The first-order valence-corrected chi connectivity index (χ1v) is 8.14. The zero-order valence-electron chi connectivity index (χ0n) is 13.7. The summed E-state index contributed by atoms with van der Waals surface area (Å²) in [5.74, 6) is 0.766. The lowest BCUT2D eigenvalue weighted by atomic mass is 9.86. The van der Waals surface area contributed by atoms with Crippen molar-refractivity contribution in [1.82, 2.24) is 10.2 Å². The Morgan fingerprint density at radius 3 is 2.47 bits per heavy atom. The van der Waals surface area contributed by atoms with E-state index in [1.807, 2.05) is 0 Å². The minimum Gasteiger partial charge on any atom is -0.380 e. The van der Waals surface area contributed by atoms with Crippen molar-refractivity contribution in [3.05, 3.63) is 0 Å². The van der Waals surface area contributed by atoms with Crippen molar-refractivity contribution in [2.45, 2.75) is 65.5 Å². The maximum Gasteiger partial charge on any atom is 0.0593 e.